The second-order valence-electron chi connectivity index (χ2n) is 6.82. The Kier molecular flexibility index (Phi) is 4.25. The highest BCUT2D eigenvalue weighted by atomic mass is 16.4. The number of carboxylic acid groups (broad SMARTS) is 1. The maximum absolute atomic E-state index is 12.5. The maximum Gasteiger partial charge on any atom is 0.307 e. The average molecular weight is 296 g/mol. The molecular formula is C15H24N2O4. The molecule has 2 fully saturated rings. The molecule has 1 saturated heterocycles. The number of nitrogens with zero attached hydrogens (tertiary/aromatic N) is 1. The molecule has 21 heavy (non-hydrogen) atoms. The molecule has 2 rings (SSSR count). The summed E-state index contributed by atoms with van der Waals surface area (Å²) in [6.07, 6.45) is 1.72. The summed E-state index contributed by atoms with van der Waals surface area (Å²) in [5, 5.41) is 12.0. The number of hydrogen-bond acceptors (Lipinski definition) is 3. The van der Waals surface area contributed by atoms with Crippen LogP contribution >= 0.6 is 0 Å². The summed E-state index contributed by atoms with van der Waals surface area (Å²) < 4.78 is 0. The second-order valence-corrected chi connectivity index (χ2v) is 6.82. The van der Waals surface area contributed by atoms with Gasteiger partial charge >= 0.3 is 5.97 Å². The molecule has 2 N–H and O–H groups in total. The summed E-state index contributed by atoms with van der Waals surface area (Å²) in [6, 6.07) is 0. The molecule has 2 unspecified atom stereocenters. The van der Waals surface area contributed by atoms with E-state index in [-0.39, 0.29) is 17.7 Å². The minimum absolute atomic E-state index is 0.0228. The quantitative estimate of drug-likeness (QED) is 0.800. The van der Waals surface area contributed by atoms with Crippen LogP contribution in [0.15, 0.2) is 0 Å². The van der Waals surface area contributed by atoms with Crippen molar-refractivity contribution in [2.45, 2.75) is 33.6 Å². The van der Waals surface area contributed by atoms with Crippen molar-refractivity contribution < 1.29 is 19.5 Å². The number of aliphatic carboxylic acids is 1. The van der Waals surface area contributed by atoms with Crippen LogP contribution in [0.3, 0.4) is 0 Å². The molecule has 1 heterocycles. The van der Waals surface area contributed by atoms with Gasteiger partial charge in [0, 0.05) is 26.6 Å². The number of carboxylic acids is 1. The van der Waals surface area contributed by atoms with Gasteiger partial charge in [-0.3, -0.25) is 14.4 Å². The lowest BCUT2D eigenvalue weighted by molar-refractivity contribution is -0.142. The summed E-state index contributed by atoms with van der Waals surface area (Å²) in [6.45, 7) is 7.16. The van der Waals surface area contributed by atoms with Gasteiger partial charge in [0.05, 0.1) is 11.8 Å². The van der Waals surface area contributed by atoms with Crippen LogP contribution in [0.2, 0.25) is 0 Å². The Morgan fingerprint density at radius 2 is 1.76 bits per heavy atom. The van der Waals surface area contributed by atoms with E-state index < -0.39 is 17.3 Å². The van der Waals surface area contributed by atoms with Gasteiger partial charge in [0.1, 0.15) is 0 Å². The van der Waals surface area contributed by atoms with E-state index in [1.54, 1.807) is 4.90 Å². The molecule has 2 aliphatic rings. The van der Waals surface area contributed by atoms with Crippen molar-refractivity contribution in [3.8, 4) is 0 Å². The van der Waals surface area contributed by atoms with E-state index in [2.05, 4.69) is 5.32 Å². The number of carbonyl (C=O) groups excluding carboxylic acids is 2. The predicted molar refractivity (Wildman–Crippen MR) is 76.4 cm³/mol. The number of nitrogens with one attached hydrogen (secondary N) is 1. The van der Waals surface area contributed by atoms with E-state index in [0.717, 1.165) is 12.8 Å². The molecular weight excluding hydrogens is 272 g/mol. The first-order chi connectivity index (χ1) is 9.75. The number of rotatable bonds is 4. The van der Waals surface area contributed by atoms with Gasteiger partial charge in [-0.05, 0) is 24.2 Å². The average Bonchev–Trinajstić information content (AvgIpc) is 2.99. The van der Waals surface area contributed by atoms with E-state index in [0.29, 0.717) is 25.6 Å². The molecule has 1 aliphatic carbocycles. The summed E-state index contributed by atoms with van der Waals surface area (Å²) in [5.74, 6) is -1.47. The molecule has 0 bridgehead atoms. The number of hydrogen-bond donors (Lipinski definition) is 2. The normalized spacial score (nSPS) is 28.0. The monoisotopic (exact) mass is 296 g/mol. The number of carbonyl (C=O) groups is 3. The Labute approximate surface area is 124 Å². The van der Waals surface area contributed by atoms with Crippen LogP contribution in [-0.4, -0.2) is 47.4 Å². The van der Waals surface area contributed by atoms with Crippen molar-refractivity contribution in [2.24, 2.45) is 23.2 Å². The number of amides is 2. The molecule has 2 amide bonds. The number of piperidine rings is 1. The third kappa shape index (κ3) is 3.19. The van der Waals surface area contributed by atoms with Gasteiger partial charge < -0.3 is 15.3 Å². The standard InChI is InChI=1S/C15H24N2O4/c1-9(18)16-8-10-4-6-17(7-5-10)13(19)11-12(14(20)21)15(11,2)3/h10-12H,4-8H2,1-3H3,(H,16,18)(H,20,21). The van der Waals surface area contributed by atoms with Gasteiger partial charge in [-0.25, -0.2) is 0 Å². The first-order valence-corrected chi connectivity index (χ1v) is 7.51. The Morgan fingerprint density at radius 3 is 2.19 bits per heavy atom. The van der Waals surface area contributed by atoms with E-state index in [4.69, 9.17) is 5.11 Å². The number of likely N-dealkylation sites (tertiary alicyclic amines) is 1. The molecule has 0 aromatic heterocycles. The topological polar surface area (TPSA) is 86.7 Å². The van der Waals surface area contributed by atoms with Crippen LogP contribution in [-0.2, 0) is 14.4 Å². The van der Waals surface area contributed by atoms with Gasteiger partial charge in [-0.15, -0.1) is 0 Å². The lowest BCUT2D eigenvalue weighted by atomic mass is 9.96. The van der Waals surface area contributed by atoms with Crippen LogP contribution < -0.4 is 5.32 Å². The summed E-state index contributed by atoms with van der Waals surface area (Å²) in [4.78, 5) is 36.3. The Morgan fingerprint density at radius 1 is 1.19 bits per heavy atom. The minimum atomic E-state index is -0.876. The van der Waals surface area contributed by atoms with E-state index in [9.17, 15) is 14.4 Å². The molecule has 1 aliphatic heterocycles. The highest BCUT2D eigenvalue weighted by Crippen LogP contribution is 2.59. The first kappa shape index (κ1) is 15.8. The van der Waals surface area contributed by atoms with Crippen molar-refractivity contribution in [2.75, 3.05) is 19.6 Å². The van der Waals surface area contributed by atoms with Gasteiger partial charge in [-0.1, -0.05) is 13.8 Å². The van der Waals surface area contributed by atoms with Crippen molar-refractivity contribution in [3.63, 3.8) is 0 Å². The third-order valence-electron chi connectivity index (χ3n) is 4.93. The molecule has 118 valence electrons. The fraction of sp³-hybridized carbons (Fsp3) is 0.800. The molecule has 1 saturated carbocycles. The first-order valence-electron chi connectivity index (χ1n) is 7.51. The fourth-order valence-corrected chi connectivity index (χ4v) is 3.40. The smallest absolute Gasteiger partial charge is 0.307 e. The van der Waals surface area contributed by atoms with E-state index in [1.165, 1.54) is 6.92 Å². The van der Waals surface area contributed by atoms with Crippen LogP contribution in [0.4, 0.5) is 0 Å². The third-order valence-corrected chi connectivity index (χ3v) is 4.93. The minimum Gasteiger partial charge on any atom is -0.481 e. The zero-order chi connectivity index (χ0) is 15.8. The Hall–Kier alpha value is -1.59. The molecule has 6 heteroatoms. The molecule has 0 spiro atoms. The summed E-state index contributed by atoms with van der Waals surface area (Å²) in [7, 11) is 0. The molecule has 0 aromatic rings. The van der Waals surface area contributed by atoms with Gasteiger partial charge in [0.15, 0.2) is 0 Å². The lowest BCUT2D eigenvalue weighted by Gasteiger charge is -2.32. The fourth-order valence-electron chi connectivity index (χ4n) is 3.40. The largest absolute Gasteiger partial charge is 0.481 e. The molecule has 0 radical (unpaired) electrons. The van der Waals surface area contributed by atoms with Crippen molar-refractivity contribution >= 4 is 17.8 Å². The SMILES string of the molecule is CC(=O)NCC1CCN(C(=O)C2C(C(=O)O)C2(C)C)CC1. The van der Waals surface area contributed by atoms with Crippen LogP contribution in [0, 0.1) is 23.2 Å². The van der Waals surface area contributed by atoms with Crippen molar-refractivity contribution in [1.29, 1.82) is 0 Å². The zero-order valence-corrected chi connectivity index (χ0v) is 12.9. The molecule has 2 atom stereocenters. The van der Waals surface area contributed by atoms with Crippen molar-refractivity contribution in [3.05, 3.63) is 0 Å². The van der Waals surface area contributed by atoms with E-state index >= 15 is 0 Å². The maximum atomic E-state index is 12.5. The van der Waals surface area contributed by atoms with Gasteiger partial charge in [0.2, 0.25) is 11.8 Å². The highest BCUT2D eigenvalue weighted by molar-refractivity contribution is 5.91. The van der Waals surface area contributed by atoms with Gasteiger partial charge in [-0.2, -0.15) is 0 Å². The van der Waals surface area contributed by atoms with Crippen molar-refractivity contribution in [1.82, 2.24) is 10.2 Å². The highest BCUT2D eigenvalue weighted by Gasteiger charge is 2.66. The summed E-state index contributed by atoms with van der Waals surface area (Å²) >= 11 is 0. The zero-order valence-electron chi connectivity index (χ0n) is 12.9. The Bertz CT molecular complexity index is 453. The van der Waals surface area contributed by atoms with Gasteiger partial charge in [0.25, 0.3) is 0 Å². The molecule has 0 aromatic carbocycles. The van der Waals surface area contributed by atoms with Crippen LogP contribution in [0.1, 0.15) is 33.6 Å². The van der Waals surface area contributed by atoms with Crippen LogP contribution in [0.25, 0.3) is 0 Å². The Balaban J connectivity index is 1.84. The molecule has 6 nitrogen and oxygen atoms in total. The lowest BCUT2D eigenvalue weighted by Crippen LogP contribution is -2.42. The predicted octanol–water partition coefficient (Wildman–Crippen LogP) is 0.718. The summed E-state index contributed by atoms with van der Waals surface area (Å²) in [5.41, 5.74) is -0.435. The second kappa shape index (κ2) is 5.66. The van der Waals surface area contributed by atoms with Crippen LogP contribution in [0.5, 0.6) is 0 Å². The van der Waals surface area contributed by atoms with E-state index in [1.807, 2.05) is 13.8 Å².